The Balaban J connectivity index is 2.06. The van der Waals surface area contributed by atoms with Crippen molar-refractivity contribution in [1.29, 1.82) is 0 Å². The SMILES string of the molecule is O=C(O)[C@H]1C[C@H](c2ccccc2)c2ccccc2S1. The summed E-state index contributed by atoms with van der Waals surface area (Å²) in [6.45, 7) is 0. The number of carboxylic acid groups (broad SMARTS) is 1. The lowest BCUT2D eigenvalue weighted by Crippen LogP contribution is -2.24. The van der Waals surface area contributed by atoms with Gasteiger partial charge >= 0.3 is 5.97 Å². The highest BCUT2D eigenvalue weighted by atomic mass is 32.2. The average Bonchev–Trinajstić information content (AvgIpc) is 2.47. The summed E-state index contributed by atoms with van der Waals surface area (Å²) in [6.07, 6.45) is 0.654. The molecule has 1 aliphatic rings. The first-order valence-electron chi connectivity index (χ1n) is 6.29. The van der Waals surface area contributed by atoms with Gasteiger partial charge in [0.25, 0.3) is 0 Å². The molecule has 2 nitrogen and oxygen atoms in total. The third kappa shape index (κ3) is 2.38. The van der Waals surface area contributed by atoms with Gasteiger partial charge < -0.3 is 5.11 Å². The van der Waals surface area contributed by atoms with E-state index >= 15 is 0 Å². The van der Waals surface area contributed by atoms with Gasteiger partial charge in [-0.3, -0.25) is 4.79 Å². The number of hydrogen-bond donors (Lipinski definition) is 1. The van der Waals surface area contributed by atoms with E-state index in [1.807, 2.05) is 36.4 Å². The maximum absolute atomic E-state index is 11.3. The van der Waals surface area contributed by atoms with Gasteiger partial charge in [-0.1, -0.05) is 48.5 Å². The molecule has 2 aromatic carbocycles. The molecular weight excluding hydrogens is 256 g/mol. The minimum Gasteiger partial charge on any atom is -0.480 e. The molecule has 0 unspecified atom stereocenters. The largest absolute Gasteiger partial charge is 0.480 e. The van der Waals surface area contributed by atoms with Crippen molar-refractivity contribution in [2.75, 3.05) is 0 Å². The predicted molar refractivity (Wildman–Crippen MR) is 76.6 cm³/mol. The van der Waals surface area contributed by atoms with Crippen LogP contribution in [0.1, 0.15) is 23.5 Å². The summed E-state index contributed by atoms with van der Waals surface area (Å²) < 4.78 is 0. The maximum Gasteiger partial charge on any atom is 0.317 e. The van der Waals surface area contributed by atoms with Crippen LogP contribution >= 0.6 is 11.8 Å². The normalized spacial score (nSPS) is 21.7. The van der Waals surface area contributed by atoms with Crippen LogP contribution in [0, 0.1) is 0 Å². The smallest absolute Gasteiger partial charge is 0.317 e. The lowest BCUT2D eigenvalue weighted by molar-refractivity contribution is -0.136. The van der Waals surface area contributed by atoms with E-state index < -0.39 is 5.97 Å². The average molecular weight is 270 g/mol. The Bertz CT molecular complexity index is 595. The molecule has 3 heteroatoms. The summed E-state index contributed by atoms with van der Waals surface area (Å²) in [5.74, 6) is -0.541. The molecule has 96 valence electrons. The fourth-order valence-corrected chi connectivity index (χ4v) is 3.77. The fraction of sp³-hybridized carbons (Fsp3) is 0.188. The van der Waals surface area contributed by atoms with Gasteiger partial charge in [-0.2, -0.15) is 0 Å². The monoisotopic (exact) mass is 270 g/mol. The number of carboxylic acids is 1. The number of hydrogen-bond acceptors (Lipinski definition) is 2. The summed E-state index contributed by atoms with van der Waals surface area (Å²) >= 11 is 1.46. The van der Waals surface area contributed by atoms with E-state index in [2.05, 4.69) is 18.2 Å². The van der Waals surface area contributed by atoms with Crippen molar-refractivity contribution in [2.24, 2.45) is 0 Å². The van der Waals surface area contributed by atoms with Gasteiger partial charge in [0, 0.05) is 10.8 Å². The van der Waals surface area contributed by atoms with Crippen LogP contribution in [-0.2, 0) is 4.79 Å². The number of fused-ring (bicyclic) bond motifs is 1. The minimum absolute atomic E-state index is 0.180. The molecular formula is C16H14O2S. The van der Waals surface area contributed by atoms with E-state index in [4.69, 9.17) is 0 Å². The third-order valence-electron chi connectivity index (χ3n) is 3.49. The molecule has 0 spiro atoms. The zero-order valence-electron chi connectivity index (χ0n) is 10.3. The van der Waals surface area contributed by atoms with Crippen LogP contribution in [0.3, 0.4) is 0 Å². The Hall–Kier alpha value is -1.74. The van der Waals surface area contributed by atoms with E-state index in [-0.39, 0.29) is 11.2 Å². The second-order valence-corrected chi connectivity index (χ2v) is 5.93. The molecule has 1 heterocycles. The Morgan fingerprint density at radius 2 is 1.74 bits per heavy atom. The van der Waals surface area contributed by atoms with Crippen molar-refractivity contribution in [3.8, 4) is 0 Å². The first kappa shape index (κ1) is 12.3. The number of benzene rings is 2. The zero-order chi connectivity index (χ0) is 13.2. The van der Waals surface area contributed by atoms with Gasteiger partial charge in [-0.25, -0.2) is 0 Å². The Labute approximate surface area is 116 Å². The Morgan fingerprint density at radius 1 is 1.05 bits per heavy atom. The highest BCUT2D eigenvalue weighted by Gasteiger charge is 2.32. The first-order valence-corrected chi connectivity index (χ1v) is 7.17. The molecule has 1 aliphatic heterocycles. The van der Waals surface area contributed by atoms with Crippen LogP contribution < -0.4 is 0 Å². The van der Waals surface area contributed by atoms with E-state index in [0.717, 1.165) is 4.90 Å². The molecule has 0 aliphatic carbocycles. The van der Waals surface area contributed by atoms with Gasteiger partial charge in [0.2, 0.25) is 0 Å². The molecule has 0 saturated heterocycles. The predicted octanol–water partition coefficient (Wildman–Crippen LogP) is 3.77. The van der Waals surface area contributed by atoms with Crippen molar-refractivity contribution in [3.63, 3.8) is 0 Å². The molecule has 0 amide bonds. The van der Waals surface area contributed by atoms with Crippen LogP contribution in [0.5, 0.6) is 0 Å². The third-order valence-corrected chi connectivity index (χ3v) is 4.80. The van der Waals surface area contributed by atoms with E-state index in [1.165, 1.54) is 22.9 Å². The lowest BCUT2D eigenvalue weighted by atomic mass is 9.87. The molecule has 0 aromatic heterocycles. The van der Waals surface area contributed by atoms with Crippen molar-refractivity contribution < 1.29 is 9.90 Å². The summed E-state index contributed by atoms with van der Waals surface area (Å²) in [4.78, 5) is 12.4. The molecule has 0 saturated carbocycles. The molecule has 0 fully saturated rings. The van der Waals surface area contributed by atoms with Gasteiger partial charge in [0.1, 0.15) is 5.25 Å². The van der Waals surface area contributed by atoms with Crippen molar-refractivity contribution in [3.05, 3.63) is 65.7 Å². The van der Waals surface area contributed by atoms with Crippen LogP contribution in [0.2, 0.25) is 0 Å². The van der Waals surface area contributed by atoms with E-state index in [0.29, 0.717) is 6.42 Å². The molecule has 2 aromatic rings. The Morgan fingerprint density at radius 3 is 2.47 bits per heavy atom. The summed E-state index contributed by atoms with van der Waals surface area (Å²) in [5, 5.41) is 8.95. The maximum atomic E-state index is 11.3. The van der Waals surface area contributed by atoms with Gasteiger partial charge in [0.05, 0.1) is 0 Å². The number of rotatable bonds is 2. The van der Waals surface area contributed by atoms with Gasteiger partial charge in [-0.15, -0.1) is 11.8 Å². The molecule has 19 heavy (non-hydrogen) atoms. The lowest BCUT2D eigenvalue weighted by Gasteiger charge is -2.29. The van der Waals surface area contributed by atoms with Crippen LogP contribution in [0.15, 0.2) is 59.5 Å². The highest BCUT2D eigenvalue weighted by molar-refractivity contribution is 8.00. The van der Waals surface area contributed by atoms with Crippen molar-refractivity contribution in [1.82, 2.24) is 0 Å². The van der Waals surface area contributed by atoms with Crippen LogP contribution in [0.25, 0.3) is 0 Å². The molecule has 0 radical (unpaired) electrons. The summed E-state index contributed by atoms with van der Waals surface area (Å²) in [7, 11) is 0. The Kier molecular flexibility index (Phi) is 3.30. The van der Waals surface area contributed by atoms with Gasteiger partial charge in [0.15, 0.2) is 0 Å². The molecule has 2 atom stereocenters. The first-order chi connectivity index (χ1) is 9.25. The second kappa shape index (κ2) is 5.10. The summed E-state index contributed by atoms with van der Waals surface area (Å²) in [5.41, 5.74) is 2.44. The van der Waals surface area contributed by atoms with Gasteiger partial charge in [-0.05, 0) is 23.6 Å². The number of thioether (sulfide) groups is 1. The zero-order valence-corrected chi connectivity index (χ0v) is 11.1. The van der Waals surface area contributed by atoms with Crippen LogP contribution in [0.4, 0.5) is 0 Å². The second-order valence-electron chi connectivity index (χ2n) is 4.68. The molecule has 3 rings (SSSR count). The highest BCUT2D eigenvalue weighted by Crippen LogP contribution is 2.44. The topological polar surface area (TPSA) is 37.3 Å². The molecule has 0 bridgehead atoms. The standard InChI is InChI=1S/C16H14O2S/c17-16(18)15-10-13(11-6-2-1-3-7-11)12-8-4-5-9-14(12)19-15/h1-9,13,15H,10H2,(H,17,18)/t13-,15-/m1/s1. The summed E-state index contributed by atoms with van der Waals surface area (Å²) in [6, 6.07) is 18.3. The quantitative estimate of drug-likeness (QED) is 0.902. The number of aliphatic carboxylic acids is 1. The van der Waals surface area contributed by atoms with E-state index in [1.54, 1.807) is 0 Å². The molecule has 1 N–H and O–H groups in total. The van der Waals surface area contributed by atoms with Crippen LogP contribution in [-0.4, -0.2) is 16.3 Å². The van der Waals surface area contributed by atoms with Crippen molar-refractivity contribution >= 4 is 17.7 Å². The van der Waals surface area contributed by atoms with Crippen molar-refractivity contribution in [2.45, 2.75) is 22.5 Å². The number of carbonyl (C=O) groups is 1. The fourth-order valence-electron chi connectivity index (χ4n) is 2.57. The van der Waals surface area contributed by atoms with E-state index in [9.17, 15) is 9.90 Å². The minimum atomic E-state index is -0.722.